The van der Waals surface area contributed by atoms with Crippen LogP contribution in [0.4, 0.5) is 5.69 Å². The Morgan fingerprint density at radius 3 is 2.56 bits per heavy atom. The molecule has 3 rings (SSSR count). The highest BCUT2D eigenvalue weighted by Gasteiger charge is 2.19. The van der Waals surface area contributed by atoms with Crippen LogP contribution in [0.1, 0.15) is 42.4 Å². The standard InChI is InChI=1S/C20H28N4O/c1-14(2)20-21-17(12-19(25)22-20)13-23-8-10-24(11-9-23)18-7-5-6-15(3)16(18)4/h5-7,12,14H,8-11,13H2,1-4H3,(H,21,22,25). The van der Waals surface area contributed by atoms with Crippen molar-refractivity contribution < 1.29 is 0 Å². The van der Waals surface area contributed by atoms with Crippen molar-refractivity contribution in [2.75, 3.05) is 31.1 Å². The van der Waals surface area contributed by atoms with Crippen molar-refractivity contribution in [1.29, 1.82) is 0 Å². The van der Waals surface area contributed by atoms with Crippen LogP contribution in [0.2, 0.25) is 0 Å². The van der Waals surface area contributed by atoms with Crippen molar-refractivity contribution >= 4 is 5.69 Å². The van der Waals surface area contributed by atoms with E-state index in [0.717, 1.165) is 44.2 Å². The molecule has 0 amide bonds. The van der Waals surface area contributed by atoms with Crippen LogP contribution in [-0.2, 0) is 6.54 Å². The second-order valence-electron chi connectivity index (χ2n) is 7.26. The van der Waals surface area contributed by atoms with Crippen LogP contribution >= 0.6 is 0 Å². The zero-order valence-corrected chi connectivity index (χ0v) is 15.7. The third-order valence-corrected chi connectivity index (χ3v) is 5.03. The lowest BCUT2D eigenvalue weighted by atomic mass is 10.1. The van der Waals surface area contributed by atoms with Crippen LogP contribution in [0.15, 0.2) is 29.1 Å². The molecule has 2 aromatic rings. The molecule has 25 heavy (non-hydrogen) atoms. The molecular formula is C20H28N4O. The van der Waals surface area contributed by atoms with Crippen molar-refractivity contribution in [3.63, 3.8) is 0 Å². The Morgan fingerprint density at radius 2 is 1.88 bits per heavy atom. The molecule has 1 N–H and O–H groups in total. The number of nitrogens with zero attached hydrogens (tertiary/aromatic N) is 3. The summed E-state index contributed by atoms with van der Waals surface area (Å²) in [4.78, 5) is 24.1. The Kier molecular flexibility index (Phi) is 5.23. The van der Waals surface area contributed by atoms with Crippen molar-refractivity contribution in [2.45, 2.75) is 40.2 Å². The first-order chi connectivity index (χ1) is 11.9. The van der Waals surface area contributed by atoms with E-state index in [1.54, 1.807) is 6.07 Å². The minimum Gasteiger partial charge on any atom is -0.369 e. The van der Waals surface area contributed by atoms with Gasteiger partial charge in [0.2, 0.25) is 0 Å². The van der Waals surface area contributed by atoms with Crippen LogP contribution < -0.4 is 10.5 Å². The second kappa shape index (κ2) is 7.40. The minimum atomic E-state index is -0.0530. The maximum absolute atomic E-state index is 11.8. The van der Waals surface area contributed by atoms with Crippen molar-refractivity contribution in [1.82, 2.24) is 14.9 Å². The Labute approximate surface area is 149 Å². The molecule has 1 saturated heterocycles. The summed E-state index contributed by atoms with van der Waals surface area (Å²) in [5.41, 5.74) is 4.87. The first kappa shape index (κ1) is 17.7. The molecule has 0 saturated carbocycles. The topological polar surface area (TPSA) is 52.2 Å². The van der Waals surface area contributed by atoms with Gasteiger partial charge in [0.05, 0.1) is 5.69 Å². The third kappa shape index (κ3) is 4.10. The quantitative estimate of drug-likeness (QED) is 0.930. The highest BCUT2D eigenvalue weighted by atomic mass is 16.1. The third-order valence-electron chi connectivity index (χ3n) is 5.03. The van der Waals surface area contributed by atoms with Gasteiger partial charge < -0.3 is 9.88 Å². The number of hydrogen-bond acceptors (Lipinski definition) is 4. The summed E-state index contributed by atoms with van der Waals surface area (Å²) in [5, 5.41) is 0. The summed E-state index contributed by atoms with van der Waals surface area (Å²) in [5.74, 6) is 1.00. The van der Waals surface area contributed by atoms with Gasteiger partial charge in [0.1, 0.15) is 5.82 Å². The molecule has 5 nitrogen and oxygen atoms in total. The molecule has 1 aromatic carbocycles. The number of H-pyrrole nitrogens is 1. The molecule has 0 aliphatic carbocycles. The molecule has 0 bridgehead atoms. The number of rotatable bonds is 4. The van der Waals surface area contributed by atoms with Gasteiger partial charge in [0.15, 0.2) is 0 Å². The highest BCUT2D eigenvalue weighted by molar-refractivity contribution is 5.56. The number of aromatic nitrogens is 2. The van der Waals surface area contributed by atoms with E-state index in [9.17, 15) is 4.79 Å². The van der Waals surface area contributed by atoms with E-state index in [4.69, 9.17) is 0 Å². The number of aryl methyl sites for hydroxylation is 1. The lowest BCUT2D eigenvalue weighted by Crippen LogP contribution is -2.46. The molecule has 1 aliphatic heterocycles. The van der Waals surface area contributed by atoms with E-state index in [2.05, 4.69) is 51.8 Å². The van der Waals surface area contributed by atoms with E-state index >= 15 is 0 Å². The van der Waals surface area contributed by atoms with Crippen LogP contribution in [0.3, 0.4) is 0 Å². The largest absolute Gasteiger partial charge is 0.369 e. The lowest BCUT2D eigenvalue weighted by Gasteiger charge is -2.37. The van der Waals surface area contributed by atoms with Gasteiger partial charge in [-0.1, -0.05) is 26.0 Å². The van der Waals surface area contributed by atoms with Gasteiger partial charge in [-0.25, -0.2) is 4.98 Å². The summed E-state index contributed by atoms with van der Waals surface area (Å²) >= 11 is 0. The van der Waals surface area contributed by atoms with Crippen molar-refractivity contribution in [3.05, 3.63) is 57.3 Å². The Bertz CT molecular complexity index is 789. The predicted molar refractivity (Wildman–Crippen MR) is 102 cm³/mol. The van der Waals surface area contributed by atoms with E-state index in [1.807, 2.05) is 13.8 Å². The van der Waals surface area contributed by atoms with Gasteiger partial charge in [-0.15, -0.1) is 0 Å². The van der Waals surface area contributed by atoms with Gasteiger partial charge >= 0.3 is 0 Å². The summed E-state index contributed by atoms with van der Waals surface area (Å²) in [6.07, 6.45) is 0. The van der Waals surface area contributed by atoms with Crippen LogP contribution in [0, 0.1) is 13.8 Å². The monoisotopic (exact) mass is 340 g/mol. The maximum Gasteiger partial charge on any atom is 0.251 e. The average molecular weight is 340 g/mol. The smallest absolute Gasteiger partial charge is 0.251 e. The second-order valence-corrected chi connectivity index (χ2v) is 7.26. The molecule has 0 spiro atoms. The lowest BCUT2D eigenvalue weighted by molar-refractivity contribution is 0.246. The Balaban J connectivity index is 1.65. The number of benzene rings is 1. The highest BCUT2D eigenvalue weighted by Crippen LogP contribution is 2.24. The van der Waals surface area contributed by atoms with E-state index in [1.165, 1.54) is 16.8 Å². The van der Waals surface area contributed by atoms with Crippen LogP contribution in [-0.4, -0.2) is 41.0 Å². The van der Waals surface area contributed by atoms with Crippen molar-refractivity contribution in [3.8, 4) is 0 Å². The fourth-order valence-corrected chi connectivity index (χ4v) is 3.34. The van der Waals surface area contributed by atoms with Gasteiger partial charge in [-0.05, 0) is 31.0 Å². The molecule has 1 aliphatic rings. The van der Waals surface area contributed by atoms with Gasteiger partial charge in [-0.3, -0.25) is 9.69 Å². The maximum atomic E-state index is 11.8. The van der Waals surface area contributed by atoms with Gasteiger partial charge in [-0.2, -0.15) is 0 Å². The molecule has 0 unspecified atom stereocenters. The van der Waals surface area contributed by atoms with E-state index in [0.29, 0.717) is 0 Å². The molecule has 0 radical (unpaired) electrons. The average Bonchev–Trinajstić information content (AvgIpc) is 2.58. The number of hydrogen-bond donors (Lipinski definition) is 1. The van der Waals surface area contributed by atoms with E-state index < -0.39 is 0 Å². The Hall–Kier alpha value is -2.14. The van der Waals surface area contributed by atoms with Crippen LogP contribution in [0.5, 0.6) is 0 Å². The summed E-state index contributed by atoms with van der Waals surface area (Å²) in [6, 6.07) is 8.14. The fraction of sp³-hybridized carbons (Fsp3) is 0.500. The number of piperazine rings is 1. The molecule has 5 heteroatoms. The molecule has 0 atom stereocenters. The summed E-state index contributed by atoms with van der Waals surface area (Å²) in [6.45, 7) is 13.2. The Morgan fingerprint density at radius 1 is 1.16 bits per heavy atom. The van der Waals surface area contributed by atoms with E-state index in [-0.39, 0.29) is 11.5 Å². The SMILES string of the molecule is Cc1cccc(N2CCN(Cc3cc(=O)[nH]c(C(C)C)n3)CC2)c1C. The first-order valence-electron chi connectivity index (χ1n) is 9.07. The molecule has 1 aromatic heterocycles. The first-order valence-corrected chi connectivity index (χ1v) is 9.07. The molecule has 134 valence electrons. The number of aromatic amines is 1. The number of nitrogens with one attached hydrogen (secondary N) is 1. The zero-order valence-electron chi connectivity index (χ0n) is 15.7. The zero-order chi connectivity index (χ0) is 18.0. The summed E-state index contributed by atoms with van der Waals surface area (Å²) in [7, 11) is 0. The normalized spacial score (nSPS) is 15.8. The predicted octanol–water partition coefficient (Wildman–Crippen LogP) is 2.83. The van der Waals surface area contributed by atoms with Gasteiger partial charge in [0.25, 0.3) is 5.56 Å². The van der Waals surface area contributed by atoms with Crippen LogP contribution in [0.25, 0.3) is 0 Å². The molecule has 1 fully saturated rings. The fourth-order valence-electron chi connectivity index (χ4n) is 3.34. The van der Waals surface area contributed by atoms with Crippen molar-refractivity contribution in [2.24, 2.45) is 0 Å². The molecule has 2 heterocycles. The summed E-state index contributed by atoms with van der Waals surface area (Å²) < 4.78 is 0. The van der Waals surface area contributed by atoms with Gasteiger partial charge in [0, 0.05) is 50.4 Å². The minimum absolute atomic E-state index is 0.0530. The molecular weight excluding hydrogens is 312 g/mol. The number of anilines is 1.